The lowest BCUT2D eigenvalue weighted by molar-refractivity contribution is -0.161. The van der Waals surface area contributed by atoms with Gasteiger partial charge in [0.2, 0.25) is 0 Å². The molecule has 0 saturated heterocycles. The molecule has 0 spiro atoms. The molecule has 178 valence electrons. The molecule has 10 heteroatoms. The number of hydrogen-bond donors (Lipinski definition) is 1. The van der Waals surface area contributed by atoms with Crippen LogP contribution >= 0.6 is 46.4 Å². The summed E-state index contributed by atoms with van der Waals surface area (Å²) in [5.74, 6) is -4.71. The Morgan fingerprint density at radius 3 is 1.91 bits per heavy atom. The molecule has 0 aliphatic heterocycles. The summed E-state index contributed by atoms with van der Waals surface area (Å²) in [6, 6.07) is 8.80. The summed E-state index contributed by atoms with van der Waals surface area (Å²) < 4.78 is 5.46. The summed E-state index contributed by atoms with van der Waals surface area (Å²) in [4.78, 5) is 50.4. The van der Waals surface area contributed by atoms with Gasteiger partial charge in [0.1, 0.15) is 11.5 Å². The smallest absolute Gasteiger partial charge is 0.314 e. The highest BCUT2D eigenvalue weighted by Crippen LogP contribution is 2.58. The molecule has 2 aromatic carbocycles. The lowest BCUT2D eigenvalue weighted by atomic mass is 9.93. The number of Topliss-reactive ketones (excluding diaryl/α,β-unsaturated/α-hetero) is 2. The van der Waals surface area contributed by atoms with Crippen LogP contribution in [0.5, 0.6) is 0 Å². The van der Waals surface area contributed by atoms with Crippen LogP contribution in [0.15, 0.2) is 36.4 Å². The zero-order valence-electron chi connectivity index (χ0n) is 17.7. The van der Waals surface area contributed by atoms with Crippen LogP contribution in [0.2, 0.25) is 20.1 Å². The van der Waals surface area contributed by atoms with Crippen LogP contribution in [-0.2, 0) is 14.3 Å². The second kappa shape index (κ2) is 9.15. The summed E-state index contributed by atoms with van der Waals surface area (Å²) in [5, 5.41) is 10.9. The van der Waals surface area contributed by atoms with Crippen molar-refractivity contribution in [3.05, 3.63) is 67.6 Å². The molecule has 0 amide bonds. The zero-order chi connectivity index (χ0) is 24.9. The highest BCUT2D eigenvalue weighted by Gasteiger charge is 2.68. The van der Waals surface area contributed by atoms with E-state index >= 15 is 0 Å². The van der Waals surface area contributed by atoms with Crippen LogP contribution in [0.1, 0.15) is 40.5 Å². The highest BCUT2D eigenvalue weighted by molar-refractivity contribution is 6.42. The van der Waals surface area contributed by atoms with Crippen molar-refractivity contribution in [2.24, 2.45) is 23.2 Å². The fourth-order valence-corrected chi connectivity index (χ4v) is 4.89. The number of carbonyl (C=O) groups is 4. The molecule has 2 aliphatic carbocycles. The lowest BCUT2D eigenvalue weighted by Gasteiger charge is -2.21. The molecule has 6 nitrogen and oxygen atoms in total. The summed E-state index contributed by atoms with van der Waals surface area (Å²) in [6.07, 6.45) is -0.766. The summed E-state index contributed by atoms with van der Waals surface area (Å²) in [6.45, 7) is 1.45. The van der Waals surface area contributed by atoms with E-state index in [0.717, 1.165) is 0 Å². The number of rotatable bonds is 8. The van der Waals surface area contributed by atoms with Crippen molar-refractivity contribution in [3.8, 4) is 0 Å². The van der Waals surface area contributed by atoms with Crippen LogP contribution in [0.25, 0.3) is 0 Å². The average molecular weight is 544 g/mol. The van der Waals surface area contributed by atoms with Crippen LogP contribution in [-0.4, -0.2) is 34.7 Å². The summed E-state index contributed by atoms with van der Waals surface area (Å²) in [7, 11) is 0. The quantitative estimate of drug-likeness (QED) is 0.322. The van der Waals surface area contributed by atoms with Crippen LogP contribution in [0.3, 0.4) is 0 Å². The second-order valence-electron chi connectivity index (χ2n) is 8.62. The number of benzene rings is 2. The van der Waals surface area contributed by atoms with E-state index in [9.17, 15) is 24.3 Å². The highest BCUT2D eigenvalue weighted by atomic mass is 35.5. The number of halogens is 4. The minimum atomic E-state index is -1.54. The van der Waals surface area contributed by atoms with Gasteiger partial charge in [0, 0.05) is 23.0 Å². The molecule has 2 aromatic rings. The molecular weight excluding hydrogens is 526 g/mol. The first-order valence-electron chi connectivity index (χ1n) is 10.4. The van der Waals surface area contributed by atoms with Crippen molar-refractivity contribution in [2.45, 2.75) is 25.9 Å². The van der Waals surface area contributed by atoms with Gasteiger partial charge in [-0.1, -0.05) is 46.4 Å². The minimum absolute atomic E-state index is 0.0200. The number of carboxylic acid groups (broad SMARTS) is 1. The normalized spacial score (nSPS) is 25.9. The van der Waals surface area contributed by atoms with Gasteiger partial charge >= 0.3 is 11.9 Å². The van der Waals surface area contributed by atoms with E-state index in [1.165, 1.54) is 43.3 Å². The van der Waals surface area contributed by atoms with Crippen molar-refractivity contribution < 1.29 is 29.0 Å². The van der Waals surface area contributed by atoms with Gasteiger partial charge in [0.25, 0.3) is 0 Å². The monoisotopic (exact) mass is 542 g/mol. The molecule has 34 heavy (non-hydrogen) atoms. The number of carbonyl (C=O) groups excluding carboxylic acids is 3. The maximum Gasteiger partial charge on any atom is 0.314 e. The van der Waals surface area contributed by atoms with E-state index in [1.54, 1.807) is 0 Å². The summed E-state index contributed by atoms with van der Waals surface area (Å²) >= 11 is 23.7. The number of ketones is 2. The van der Waals surface area contributed by atoms with E-state index in [0.29, 0.717) is 10.6 Å². The number of carboxylic acids is 1. The molecule has 1 unspecified atom stereocenters. The first-order valence-corrected chi connectivity index (χ1v) is 11.9. The van der Waals surface area contributed by atoms with Gasteiger partial charge < -0.3 is 9.84 Å². The molecule has 2 saturated carbocycles. The fraction of sp³-hybridized carbons (Fsp3) is 0.333. The molecule has 5 atom stereocenters. The predicted octanol–water partition coefficient (Wildman–Crippen LogP) is 6.02. The van der Waals surface area contributed by atoms with Gasteiger partial charge in [-0.3, -0.25) is 19.2 Å². The lowest BCUT2D eigenvalue weighted by Crippen LogP contribution is -2.35. The number of aliphatic carboxylic acids is 1. The summed E-state index contributed by atoms with van der Waals surface area (Å²) in [5.41, 5.74) is -0.980. The van der Waals surface area contributed by atoms with Crippen LogP contribution in [0, 0.1) is 23.2 Å². The number of esters is 1. The molecule has 2 fully saturated rings. The standard InChI is InChI=1S/C24H18Cl4O6/c1-10(24(23(32)33)9-15(24)21(30)12-3-5-17(26)19(28)7-12)34-22(31)14-8-13(14)20(29)11-2-4-16(25)18(27)6-11/h2-7,10,13-15H,8-9H2,1H3,(H,32,33)/t10?,13-,14-,15+,24+/m0/s1. The third-order valence-electron chi connectivity index (χ3n) is 6.57. The van der Waals surface area contributed by atoms with E-state index in [1.807, 2.05) is 0 Å². The predicted molar refractivity (Wildman–Crippen MR) is 127 cm³/mol. The van der Waals surface area contributed by atoms with E-state index < -0.39 is 47.0 Å². The van der Waals surface area contributed by atoms with Crippen LogP contribution < -0.4 is 0 Å². The van der Waals surface area contributed by atoms with Gasteiger partial charge in [-0.05, 0) is 56.2 Å². The van der Waals surface area contributed by atoms with Crippen molar-refractivity contribution in [1.82, 2.24) is 0 Å². The van der Waals surface area contributed by atoms with Crippen molar-refractivity contribution in [1.29, 1.82) is 0 Å². The number of ether oxygens (including phenoxy) is 1. The fourth-order valence-electron chi connectivity index (χ4n) is 4.29. The van der Waals surface area contributed by atoms with Gasteiger partial charge in [-0.25, -0.2) is 0 Å². The molecule has 1 N–H and O–H groups in total. The topological polar surface area (TPSA) is 97.7 Å². The van der Waals surface area contributed by atoms with Gasteiger partial charge in [0.15, 0.2) is 11.6 Å². The van der Waals surface area contributed by atoms with E-state index in [-0.39, 0.29) is 39.3 Å². The number of hydrogen-bond acceptors (Lipinski definition) is 5. The van der Waals surface area contributed by atoms with E-state index in [2.05, 4.69) is 0 Å². The van der Waals surface area contributed by atoms with Crippen LogP contribution in [0.4, 0.5) is 0 Å². The Morgan fingerprint density at radius 1 is 0.882 bits per heavy atom. The molecule has 0 heterocycles. The largest absolute Gasteiger partial charge is 0.481 e. The van der Waals surface area contributed by atoms with Crippen molar-refractivity contribution >= 4 is 69.9 Å². The van der Waals surface area contributed by atoms with Crippen molar-refractivity contribution in [3.63, 3.8) is 0 Å². The third-order valence-corrected chi connectivity index (χ3v) is 8.05. The van der Waals surface area contributed by atoms with E-state index in [4.69, 9.17) is 51.1 Å². The SMILES string of the molecule is CC(OC(=O)[C@H]1C[C@@H]1C(=O)c1ccc(Cl)c(Cl)c1)[C@]1(C(=O)O)C[C@@H]1C(=O)c1ccc(Cl)c(Cl)c1. The second-order valence-corrected chi connectivity index (χ2v) is 10.2. The molecule has 4 rings (SSSR count). The molecule has 2 aliphatic rings. The molecular formula is C24H18Cl4O6. The molecule has 0 bridgehead atoms. The maximum absolute atomic E-state index is 12.9. The maximum atomic E-state index is 12.9. The Hall–Kier alpha value is -2.12. The minimum Gasteiger partial charge on any atom is -0.481 e. The molecule has 0 aromatic heterocycles. The van der Waals surface area contributed by atoms with Crippen molar-refractivity contribution in [2.75, 3.05) is 0 Å². The Labute approximate surface area is 215 Å². The first-order chi connectivity index (χ1) is 16.0. The Bertz CT molecular complexity index is 1230. The van der Waals surface area contributed by atoms with Gasteiger partial charge in [-0.2, -0.15) is 0 Å². The van der Waals surface area contributed by atoms with Gasteiger partial charge in [0.05, 0.1) is 26.0 Å². The first kappa shape index (κ1) is 25.0. The third kappa shape index (κ3) is 4.44. The Morgan fingerprint density at radius 2 is 1.41 bits per heavy atom. The molecule has 0 radical (unpaired) electrons. The Kier molecular flexibility index (Phi) is 6.73. The Balaban J connectivity index is 1.42. The van der Waals surface area contributed by atoms with Gasteiger partial charge in [-0.15, -0.1) is 0 Å². The average Bonchev–Trinajstić information content (AvgIpc) is 3.69. The zero-order valence-corrected chi connectivity index (χ0v) is 20.7.